The number of para-hydroxylation sites is 1. The molecule has 0 aliphatic carbocycles. The molecule has 0 saturated carbocycles. The Morgan fingerprint density at radius 2 is 1.49 bits per heavy atom. The maximum absolute atomic E-state index is 13.0. The maximum Gasteiger partial charge on any atom is 0.416 e. The summed E-state index contributed by atoms with van der Waals surface area (Å²) in [5, 5.41) is 12.2. The van der Waals surface area contributed by atoms with Crippen LogP contribution in [0.15, 0.2) is 114 Å². The fourth-order valence-corrected chi connectivity index (χ4v) is 4.93. The Kier molecular flexibility index (Phi) is 7.79. The fourth-order valence-electron chi connectivity index (χ4n) is 4.00. The highest BCUT2D eigenvalue weighted by molar-refractivity contribution is 7.98. The standard InChI is InChI=1S/C30H23F3N4OS/c31-30(32,33)24-10-7-11-25(19-24)34-28(38)23-16-14-22(15-17-23)20-39-29-36-35-27(18-21-8-3-1-4-9-21)37(29)26-12-5-2-6-13-26/h1-17,19H,18,20H2,(H,34,38). The first-order valence-electron chi connectivity index (χ1n) is 12.1. The number of carbonyl (C=O) groups is 1. The van der Waals surface area contributed by atoms with E-state index in [9.17, 15) is 18.0 Å². The lowest BCUT2D eigenvalue weighted by Crippen LogP contribution is -2.13. The summed E-state index contributed by atoms with van der Waals surface area (Å²) in [5.74, 6) is 0.936. The Hall–Kier alpha value is -4.37. The number of nitrogens with one attached hydrogen (secondary N) is 1. The number of halogens is 3. The van der Waals surface area contributed by atoms with Gasteiger partial charge in [-0.3, -0.25) is 9.36 Å². The third-order valence-electron chi connectivity index (χ3n) is 5.95. The Bertz CT molecular complexity index is 1550. The number of amides is 1. The van der Waals surface area contributed by atoms with Gasteiger partial charge in [-0.15, -0.1) is 10.2 Å². The summed E-state index contributed by atoms with van der Waals surface area (Å²) in [6, 6.07) is 31.5. The third-order valence-corrected chi connectivity index (χ3v) is 6.95. The molecule has 4 aromatic carbocycles. The molecule has 5 rings (SSSR count). The van der Waals surface area contributed by atoms with Crippen LogP contribution in [-0.2, 0) is 18.3 Å². The zero-order valence-corrected chi connectivity index (χ0v) is 21.4. The van der Waals surface area contributed by atoms with Crippen molar-refractivity contribution in [2.24, 2.45) is 0 Å². The SMILES string of the molecule is O=C(Nc1cccc(C(F)(F)F)c1)c1ccc(CSc2nnc(Cc3ccccc3)n2-c2ccccc2)cc1. The summed E-state index contributed by atoms with van der Waals surface area (Å²) in [4.78, 5) is 12.6. The number of rotatable bonds is 8. The summed E-state index contributed by atoms with van der Waals surface area (Å²) in [7, 11) is 0. The van der Waals surface area contributed by atoms with Crippen molar-refractivity contribution in [3.05, 3.63) is 137 Å². The molecular formula is C30H23F3N4OS. The smallest absolute Gasteiger partial charge is 0.322 e. The highest BCUT2D eigenvalue weighted by Crippen LogP contribution is 2.31. The molecule has 0 fully saturated rings. The molecule has 0 aliphatic heterocycles. The number of hydrogen-bond donors (Lipinski definition) is 1. The van der Waals surface area contributed by atoms with Gasteiger partial charge in [-0.2, -0.15) is 13.2 Å². The lowest BCUT2D eigenvalue weighted by atomic mass is 10.1. The van der Waals surface area contributed by atoms with Gasteiger partial charge in [0.1, 0.15) is 5.82 Å². The molecule has 5 aromatic rings. The molecule has 0 spiro atoms. The fraction of sp³-hybridized carbons (Fsp3) is 0.100. The molecule has 1 aromatic heterocycles. The Labute approximate surface area is 227 Å². The quantitative estimate of drug-likeness (QED) is 0.207. The first-order valence-corrected chi connectivity index (χ1v) is 13.1. The molecular weight excluding hydrogens is 521 g/mol. The summed E-state index contributed by atoms with van der Waals surface area (Å²) < 4.78 is 40.9. The van der Waals surface area contributed by atoms with E-state index in [1.807, 2.05) is 60.7 Å². The first-order chi connectivity index (χ1) is 18.9. The van der Waals surface area contributed by atoms with Gasteiger partial charge in [0.2, 0.25) is 0 Å². The van der Waals surface area contributed by atoms with E-state index >= 15 is 0 Å². The maximum atomic E-state index is 13.0. The van der Waals surface area contributed by atoms with Crippen LogP contribution in [0.25, 0.3) is 5.69 Å². The molecule has 0 radical (unpaired) electrons. The van der Waals surface area contributed by atoms with E-state index in [1.165, 1.54) is 23.9 Å². The van der Waals surface area contributed by atoms with Gasteiger partial charge in [-0.1, -0.05) is 78.5 Å². The van der Waals surface area contributed by atoms with E-state index in [0.717, 1.165) is 39.9 Å². The minimum atomic E-state index is -4.48. The van der Waals surface area contributed by atoms with Crippen LogP contribution < -0.4 is 5.32 Å². The highest BCUT2D eigenvalue weighted by Gasteiger charge is 2.30. The highest BCUT2D eigenvalue weighted by atomic mass is 32.2. The van der Waals surface area contributed by atoms with Crippen molar-refractivity contribution in [3.8, 4) is 5.69 Å². The predicted molar refractivity (Wildman–Crippen MR) is 146 cm³/mol. The molecule has 1 N–H and O–H groups in total. The van der Waals surface area contributed by atoms with Gasteiger partial charge in [0, 0.05) is 29.1 Å². The van der Waals surface area contributed by atoms with Crippen LogP contribution in [0.1, 0.15) is 32.9 Å². The second kappa shape index (κ2) is 11.6. The number of carbonyl (C=O) groups excluding carboxylic acids is 1. The van der Waals surface area contributed by atoms with Crippen molar-refractivity contribution < 1.29 is 18.0 Å². The molecule has 39 heavy (non-hydrogen) atoms. The Morgan fingerprint density at radius 3 is 2.18 bits per heavy atom. The number of benzene rings is 4. The predicted octanol–water partition coefficient (Wildman–Crippen LogP) is 7.42. The molecule has 5 nitrogen and oxygen atoms in total. The van der Waals surface area contributed by atoms with Crippen molar-refractivity contribution >= 4 is 23.4 Å². The topological polar surface area (TPSA) is 59.8 Å². The van der Waals surface area contributed by atoms with Gasteiger partial charge in [0.15, 0.2) is 5.16 Å². The van der Waals surface area contributed by atoms with Crippen molar-refractivity contribution in [1.29, 1.82) is 0 Å². The van der Waals surface area contributed by atoms with Gasteiger partial charge >= 0.3 is 6.18 Å². The van der Waals surface area contributed by atoms with Crippen molar-refractivity contribution in [2.75, 3.05) is 5.32 Å². The lowest BCUT2D eigenvalue weighted by Gasteiger charge is -2.11. The molecule has 196 valence electrons. The number of aromatic nitrogens is 3. The molecule has 0 saturated heterocycles. The van der Waals surface area contributed by atoms with Gasteiger partial charge in [-0.05, 0) is 53.6 Å². The van der Waals surface area contributed by atoms with Gasteiger partial charge < -0.3 is 5.32 Å². The van der Waals surface area contributed by atoms with Gasteiger partial charge in [0.25, 0.3) is 5.91 Å². The summed E-state index contributed by atoms with van der Waals surface area (Å²) in [5.41, 5.74) is 2.68. The van der Waals surface area contributed by atoms with E-state index in [0.29, 0.717) is 17.7 Å². The monoisotopic (exact) mass is 544 g/mol. The Morgan fingerprint density at radius 1 is 0.795 bits per heavy atom. The van der Waals surface area contributed by atoms with Crippen molar-refractivity contribution in [2.45, 2.75) is 23.5 Å². The number of alkyl halides is 3. The summed E-state index contributed by atoms with van der Waals surface area (Å²) >= 11 is 1.53. The second-order valence-electron chi connectivity index (χ2n) is 8.75. The van der Waals surface area contributed by atoms with Crippen LogP contribution in [0, 0.1) is 0 Å². The summed E-state index contributed by atoms with van der Waals surface area (Å²) in [6.45, 7) is 0. The molecule has 0 unspecified atom stereocenters. The van der Waals surface area contributed by atoms with Gasteiger partial charge in [-0.25, -0.2) is 0 Å². The molecule has 1 amide bonds. The average molecular weight is 545 g/mol. The first kappa shape index (κ1) is 26.2. The van der Waals surface area contributed by atoms with E-state index in [1.54, 1.807) is 12.1 Å². The van der Waals surface area contributed by atoms with Crippen LogP contribution in [0.5, 0.6) is 0 Å². The molecule has 0 bridgehead atoms. The Balaban J connectivity index is 1.28. The van der Waals surface area contributed by atoms with Crippen molar-refractivity contribution in [3.63, 3.8) is 0 Å². The molecule has 0 aliphatic rings. The number of hydrogen-bond acceptors (Lipinski definition) is 4. The van der Waals surface area contributed by atoms with E-state index in [4.69, 9.17) is 0 Å². The zero-order chi connectivity index (χ0) is 27.2. The summed E-state index contributed by atoms with van der Waals surface area (Å²) in [6.07, 6.45) is -3.84. The number of nitrogens with zero attached hydrogens (tertiary/aromatic N) is 3. The van der Waals surface area contributed by atoms with Gasteiger partial charge in [0.05, 0.1) is 5.56 Å². The van der Waals surface area contributed by atoms with Crippen LogP contribution in [-0.4, -0.2) is 20.7 Å². The molecule has 9 heteroatoms. The van der Waals surface area contributed by atoms with Crippen LogP contribution in [0.3, 0.4) is 0 Å². The zero-order valence-electron chi connectivity index (χ0n) is 20.6. The normalized spacial score (nSPS) is 11.4. The largest absolute Gasteiger partial charge is 0.416 e. The average Bonchev–Trinajstić information content (AvgIpc) is 3.35. The van der Waals surface area contributed by atoms with Crippen LogP contribution in [0.4, 0.5) is 18.9 Å². The van der Waals surface area contributed by atoms with Crippen molar-refractivity contribution in [1.82, 2.24) is 14.8 Å². The van der Waals surface area contributed by atoms with Crippen LogP contribution in [0.2, 0.25) is 0 Å². The molecule has 0 atom stereocenters. The van der Waals surface area contributed by atoms with E-state index in [2.05, 4.69) is 32.2 Å². The minimum absolute atomic E-state index is 0.0843. The number of anilines is 1. The van der Waals surface area contributed by atoms with Crippen LogP contribution >= 0.6 is 11.8 Å². The van der Waals surface area contributed by atoms with E-state index < -0.39 is 17.6 Å². The third kappa shape index (κ3) is 6.56. The minimum Gasteiger partial charge on any atom is -0.322 e. The lowest BCUT2D eigenvalue weighted by molar-refractivity contribution is -0.137. The molecule has 1 heterocycles. The second-order valence-corrected chi connectivity index (χ2v) is 9.69. The van der Waals surface area contributed by atoms with E-state index in [-0.39, 0.29) is 5.69 Å². The number of thioether (sulfide) groups is 1.